The first kappa shape index (κ1) is 20.6. The van der Waals surface area contributed by atoms with E-state index in [0.717, 1.165) is 0 Å². The molecule has 9 nitrogen and oxygen atoms in total. The zero-order valence-electron chi connectivity index (χ0n) is 15.6. The number of H-pyrrole nitrogens is 1. The van der Waals surface area contributed by atoms with Gasteiger partial charge in [0.05, 0.1) is 36.1 Å². The van der Waals surface area contributed by atoms with Gasteiger partial charge in [-0.2, -0.15) is 0 Å². The largest absolute Gasteiger partial charge is 0.469 e. The molecule has 146 valence electrons. The van der Waals surface area contributed by atoms with Gasteiger partial charge >= 0.3 is 17.6 Å². The van der Waals surface area contributed by atoms with Crippen molar-refractivity contribution in [2.45, 2.75) is 20.3 Å². The van der Waals surface area contributed by atoms with Gasteiger partial charge in [0, 0.05) is 12.4 Å². The molecule has 0 amide bonds. The standard InChI is InChI=1S/C14H14N2O6.C5H5N/c1-7-10(13(18)21-15-7)5-4-9(6-11(17)20-3)12-8(2)16-22-14(12)19;1-2-4-6-5-3-1/h4-5,16H,6H2,1-3H3;1-5H/b9-4-,10-5+;. The van der Waals surface area contributed by atoms with E-state index in [4.69, 9.17) is 4.52 Å². The number of aryl methyl sites for hydroxylation is 1. The fourth-order valence-corrected chi connectivity index (χ4v) is 2.25. The Balaban J connectivity index is 0.000000397. The minimum absolute atomic E-state index is 0.144. The molecular formula is C19H19N3O6. The number of ether oxygens (including phenoxy) is 1. The highest BCUT2D eigenvalue weighted by Gasteiger charge is 2.22. The lowest BCUT2D eigenvalue weighted by atomic mass is 10.0. The van der Waals surface area contributed by atoms with E-state index >= 15 is 0 Å². The summed E-state index contributed by atoms with van der Waals surface area (Å²) < 4.78 is 9.31. The number of carbonyl (C=O) groups excluding carboxylic acids is 2. The highest BCUT2D eigenvalue weighted by Crippen LogP contribution is 2.20. The predicted octanol–water partition coefficient (Wildman–Crippen LogP) is 2.16. The number of carbonyl (C=O) groups is 2. The number of aromatic amines is 1. The maximum absolute atomic E-state index is 11.7. The lowest BCUT2D eigenvalue weighted by molar-refractivity contribution is -0.139. The number of hydrogen-bond acceptors (Lipinski definition) is 8. The number of aromatic nitrogens is 2. The molecule has 0 aliphatic carbocycles. The third kappa shape index (κ3) is 5.37. The third-order valence-electron chi connectivity index (χ3n) is 3.65. The molecule has 0 unspecified atom stereocenters. The molecule has 0 radical (unpaired) electrons. The van der Waals surface area contributed by atoms with Gasteiger partial charge in [-0.3, -0.25) is 9.78 Å². The minimum Gasteiger partial charge on any atom is -0.469 e. The monoisotopic (exact) mass is 385 g/mol. The molecule has 9 heteroatoms. The number of pyridine rings is 1. The first-order valence-corrected chi connectivity index (χ1v) is 8.21. The zero-order valence-corrected chi connectivity index (χ0v) is 15.6. The van der Waals surface area contributed by atoms with Gasteiger partial charge in [0.25, 0.3) is 0 Å². The summed E-state index contributed by atoms with van der Waals surface area (Å²) in [6, 6.07) is 5.72. The molecule has 0 spiro atoms. The zero-order chi connectivity index (χ0) is 20.5. The van der Waals surface area contributed by atoms with Crippen molar-refractivity contribution in [1.29, 1.82) is 0 Å². The minimum atomic E-state index is -0.606. The molecule has 0 fully saturated rings. The van der Waals surface area contributed by atoms with Crippen molar-refractivity contribution in [2.75, 3.05) is 7.11 Å². The van der Waals surface area contributed by atoms with Crippen LogP contribution in [-0.4, -0.2) is 34.9 Å². The lowest BCUT2D eigenvalue weighted by Crippen LogP contribution is -2.08. The summed E-state index contributed by atoms with van der Waals surface area (Å²) in [4.78, 5) is 43.1. The topological polar surface area (TPSA) is 124 Å². The van der Waals surface area contributed by atoms with Crippen molar-refractivity contribution in [3.63, 3.8) is 0 Å². The molecule has 2 aromatic rings. The van der Waals surface area contributed by atoms with E-state index < -0.39 is 17.6 Å². The van der Waals surface area contributed by atoms with Crippen LogP contribution in [0, 0.1) is 6.92 Å². The van der Waals surface area contributed by atoms with Crippen molar-refractivity contribution in [3.05, 3.63) is 70.0 Å². The Morgan fingerprint density at radius 3 is 2.36 bits per heavy atom. The number of esters is 1. The van der Waals surface area contributed by atoms with Crippen LogP contribution in [0.25, 0.3) is 5.57 Å². The summed E-state index contributed by atoms with van der Waals surface area (Å²) in [5, 5.41) is 5.98. The van der Waals surface area contributed by atoms with Crippen LogP contribution in [-0.2, 0) is 19.2 Å². The Bertz CT molecular complexity index is 956. The summed E-state index contributed by atoms with van der Waals surface area (Å²) >= 11 is 0. The van der Waals surface area contributed by atoms with Gasteiger partial charge in [-0.25, -0.2) is 14.7 Å². The molecule has 1 aliphatic heterocycles. The fourth-order valence-electron chi connectivity index (χ4n) is 2.25. The highest BCUT2D eigenvalue weighted by atomic mass is 16.7. The summed E-state index contributed by atoms with van der Waals surface area (Å²) in [7, 11) is 1.25. The van der Waals surface area contributed by atoms with E-state index in [0.29, 0.717) is 17.0 Å². The van der Waals surface area contributed by atoms with Crippen molar-refractivity contribution < 1.29 is 23.7 Å². The van der Waals surface area contributed by atoms with E-state index in [9.17, 15) is 14.4 Å². The van der Waals surface area contributed by atoms with Gasteiger partial charge in [0.2, 0.25) is 0 Å². The number of methoxy groups -OCH3 is 1. The van der Waals surface area contributed by atoms with E-state index in [-0.39, 0.29) is 17.6 Å². The molecule has 0 bridgehead atoms. The Morgan fingerprint density at radius 2 is 1.93 bits per heavy atom. The Morgan fingerprint density at radius 1 is 1.21 bits per heavy atom. The molecule has 3 rings (SSSR count). The Kier molecular flexibility index (Phi) is 7.21. The van der Waals surface area contributed by atoms with Crippen LogP contribution in [0.15, 0.2) is 62.8 Å². The molecule has 3 heterocycles. The molecule has 0 atom stereocenters. The van der Waals surface area contributed by atoms with Crippen LogP contribution in [0.5, 0.6) is 0 Å². The highest BCUT2D eigenvalue weighted by molar-refractivity contribution is 6.21. The van der Waals surface area contributed by atoms with Crippen molar-refractivity contribution in [3.8, 4) is 0 Å². The second-order valence-electron chi connectivity index (χ2n) is 5.60. The van der Waals surface area contributed by atoms with Crippen molar-refractivity contribution in [1.82, 2.24) is 10.1 Å². The van der Waals surface area contributed by atoms with Gasteiger partial charge in [-0.1, -0.05) is 17.3 Å². The molecule has 0 saturated carbocycles. The van der Waals surface area contributed by atoms with Crippen LogP contribution in [0.1, 0.15) is 24.6 Å². The molecule has 0 aromatic carbocycles. The normalized spacial score (nSPS) is 14.8. The van der Waals surface area contributed by atoms with Crippen LogP contribution in [0.4, 0.5) is 0 Å². The van der Waals surface area contributed by atoms with Gasteiger partial charge in [0.1, 0.15) is 0 Å². The molecule has 1 N–H and O–H groups in total. The average Bonchev–Trinajstić information content (AvgIpc) is 3.21. The van der Waals surface area contributed by atoms with Gasteiger partial charge in [-0.05, 0) is 37.6 Å². The SMILES string of the molecule is COC(=O)C/C(=C/C=C1/C(=O)ON=C1C)c1c(C)[nH]oc1=O.c1ccncc1. The van der Waals surface area contributed by atoms with E-state index in [2.05, 4.69) is 24.9 Å². The lowest BCUT2D eigenvalue weighted by Gasteiger charge is -2.03. The number of allylic oxidation sites excluding steroid dienone is 2. The van der Waals surface area contributed by atoms with E-state index in [1.54, 1.807) is 26.2 Å². The predicted molar refractivity (Wildman–Crippen MR) is 100 cm³/mol. The summed E-state index contributed by atoms with van der Waals surface area (Å²) in [6.45, 7) is 3.25. The Labute approximate surface area is 160 Å². The van der Waals surface area contributed by atoms with Gasteiger partial charge in [0.15, 0.2) is 0 Å². The first-order valence-electron chi connectivity index (χ1n) is 8.21. The molecule has 2 aromatic heterocycles. The maximum Gasteiger partial charge on any atom is 0.367 e. The Hall–Kier alpha value is -3.75. The van der Waals surface area contributed by atoms with Crippen LogP contribution in [0.2, 0.25) is 0 Å². The summed E-state index contributed by atoms with van der Waals surface area (Å²) in [5.41, 5.74) is 1.11. The second-order valence-corrected chi connectivity index (χ2v) is 5.60. The number of hydrogen-bond donors (Lipinski definition) is 1. The van der Waals surface area contributed by atoms with Crippen LogP contribution < -0.4 is 5.63 Å². The molecule has 1 aliphatic rings. The smallest absolute Gasteiger partial charge is 0.367 e. The van der Waals surface area contributed by atoms with Crippen molar-refractivity contribution >= 4 is 23.2 Å². The number of oxime groups is 1. The molecule has 28 heavy (non-hydrogen) atoms. The van der Waals surface area contributed by atoms with Crippen LogP contribution >= 0.6 is 0 Å². The van der Waals surface area contributed by atoms with Crippen LogP contribution in [0.3, 0.4) is 0 Å². The molecule has 0 saturated heterocycles. The van der Waals surface area contributed by atoms with Gasteiger partial charge in [-0.15, -0.1) is 0 Å². The second kappa shape index (κ2) is 9.81. The number of nitrogens with one attached hydrogen (secondary N) is 1. The quantitative estimate of drug-likeness (QED) is 0.486. The maximum atomic E-state index is 11.7. The van der Waals surface area contributed by atoms with Crippen molar-refractivity contribution in [2.24, 2.45) is 5.16 Å². The number of rotatable bonds is 4. The van der Waals surface area contributed by atoms with E-state index in [1.165, 1.54) is 19.3 Å². The number of nitrogens with zero attached hydrogens (tertiary/aromatic N) is 2. The van der Waals surface area contributed by atoms with Gasteiger partial charge < -0.3 is 14.1 Å². The summed E-state index contributed by atoms with van der Waals surface area (Å²) in [6.07, 6.45) is 6.28. The first-order chi connectivity index (χ1) is 13.4. The third-order valence-corrected chi connectivity index (χ3v) is 3.65. The molecular weight excluding hydrogens is 366 g/mol. The van der Waals surface area contributed by atoms with E-state index in [1.807, 2.05) is 18.2 Å². The fraction of sp³-hybridized carbons (Fsp3) is 0.211. The summed E-state index contributed by atoms with van der Waals surface area (Å²) in [5.74, 6) is -1.12. The average molecular weight is 385 g/mol.